The summed E-state index contributed by atoms with van der Waals surface area (Å²) in [5, 5.41) is 0. The van der Waals surface area contributed by atoms with E-state index in [-0.39, 0.29) is 47.2 Å². The molecular formula is C18H25NO3. The Hall–Kier alpha value is -1.16. The summed E-state index contributed by atoms with van der Waals surface area (Å²) in [6, 6.07) is 0. The lowest BCUT2D eigenvalue weighted by molar-refractivity contribution is -0.141. The Morgan fingerprint density at radius 3 is 2.86 bits per heavy atom. The number of fused-ring (bicyclic) bond motifs is 8. The van der Waals surface area contributed by atoms with Gasteiger partial charge in [-0.2, -0.15) is 0 Å². The highest BCUT2D eigenvalue weighted by Gasteiger charge is 2.79. The van der Waals surface area contributed by atoms with E-state index in [1.54, 1.807) is 6.08 Å². The van der Waals surface area contributed by atoms with Gasteiger partial charge in [-0.05, 0) is 12.8 Å². The molecule has 2 aliphatic carbocycles. The van der Waals surface area contributed by atoms with E-state index in [4.69, 9.17) is 4.74 Å². The average Bonchev–Trinajstić information content (AvgIpc) is 3.11. The van der Waals surface area contributed by atoms with Crippen LogP contribution in [-0.2, 0) is 14.3 Å². The van der Waals surface area contributed by atoms with Gasteiger partial charge in [0, 0.05) is 17.9 Å². The number of amides is 2. The fourth-order valence-corrected chi connectivity index (χ4v) is 5.59. The number of ether oxygens (including phenoxy) is 1. The first-order valence-corrected chi connectivity index (χ1v) is 8.77. The summed E-state index contributed by atoms with van der Waals surface area (Å²) in [6.45, 7) is 6.25. The Kier molecular flexibility index (Phi) is 3.23. The van der Waals surface area contributed by atoms with Gasteiger partial charge in [-0.25, -0.2) is 0 Å². The summed E-state index contributed by atoms with van der Waals surface area (Å²) in [4.78, 5) is 26.9. The molecule has 4 fully saturated rings. The molecule has 120 valence electrons. The van der Waals surface area contributed by atoms with Gasteiger partial charge in [0.25, 0.3) is 0 Å². The van der Waals surface area contributed by atoms with Gasteiger partial charge in [-0.3, -0.25) is 14.5 Å². The Morgan fingerprint density at radius 2 is 2.14 bits per heavy atom. The van der Waals surface area contributed by atoms with E-state index in [1.807, 2.05) is 0 Å². The van der Waals surface area contributed by atoms with Gasteiger partial charge in [0.2, 0.25) is 11.8 Å². The van der Waals surface area contributed by atoms with Crippen LogP contribution in [0, 0.1) is 23.2 Å². The van der Waals surface area contributed by atoms with Crippen molar-refractivity contribution in [3.8, 4) is 0 Å². The van der Waals surface area contributed by atoms with E-state index >= 15 is 0 Å². The normalized spacial score (nSPS) is 44.4. The van der Waals surface area contributed by atoms with Crippen molar-refractivity contribution in [2.24, 2.45) is 23.2 Å². The second kappa shape index (κ2) is 4.92. The number of likely N-dealkylation sites (tertiary alicyclic amines) is 1. The molecule has 0 aromatic heterocycles. The zero-order valence-corrected chi connectivity index (χ0v) is 13.3. The topological polar surface area (TPSA) is 49.9 Å². The first kappa shape index (κ1) is 14.4. The van der Waals surface area contributed by atoms with Gasteiger partial charge in [0.05, 0.1) is 24.0 Å². The van der Waals surface area contributed by atoms with Crippen LogP contribution in [0.3, 0.4) is 0 Å². The lowest BCUT2D eigenvalue weighted by Crippen LogP contribution is -2.40. The van der Waals surface area contributed by atoms with Gasteiger partial charge in [0.1, 0.15) is 0 Å². The van der Waals surface area contributed by atoms with E-state index in [1.165, 1.54) is 24.2 Å². The molecule has 2 saturated carbocycles. The highest BCUT2D eigenvalue weighted by molar-refractivity contribution is 6.06. The lowest BCUT2D eigenvalue weighted by atomic mass is 9.68. The summed E-state index contributed by atoms with van der Waals surface area (Å²) in [5.74, 6) is 0.135. The fraction of sp³-hybridized carbons (Fsp3) is 0.778. The van der Waals surface area contributed by atoms with Crippen LogP contribution in [0.2, 0.25) is 0 Å². The second-order valence-electron chi connectivity index (χ2n) is 7.51. The molecule has 2 aliphatic heterocycles. The Morgan fingerprint density at radius 1 is 1.32 bits per heavy atom. The van der Waals surface area contributed by atoms with E-state index in [9.17, 15) is 9.59 Å². The number of imide groups is 1. The number of epoxide rings is 1. The zero-order chi connectivity index (χ0) is 15.5. The van der Waals surface area contributed by atoms with Gasteiger partial charge in [0.15, 0.2) is 0 Å². The third kappa shape index (κ3) is 1.67. The van der Waals surface area contributed by atoms with Crippen LogP contribution in [-0.4, -0.2) is 35.5 Å². The maximum absolute atomic E-state index is 12.8. The van der Waals surface area contributed by atoms with Crippen LogP contribution < -0.4 is 0 Å². The third-order valence-corrected chi connectivity index (χ3v) is 6.46. The zero-order valence-electron chi connectivity index (χ0n) is 13.3. The number of hydrogen-bond donors (Lipinski definition) is 0. The number of unbranched alkanes of at least 4 members (excludes halogenated alkanes) is 3. The molecule has 4 rings (SSSR count). The molecule has 0 N–H and O–H groups in total. The Bertz CT molecular complexity index is 530. The van der Waals surface area contributed by atoms with Crippen LogP contribution in [0.1, 0.15) is 45.4 Å². The quantitative estimate of drug-likeness (QED) is 0.314. The standard InChI is InChI=1S/C18H25NO3/c1-3-5-6-7-8-18-10-11(14-15(18)22-14)12-13(18)17(21)19(9-4-2)16(12)20/h4,11-15H,2-3,5-10H2,1H3. The van der Waals surface area contributed by atoms with E-state index < -0.39 is 0 Å². The largest absolute Gasteiger partial charge is 0.369 e. The maximum atomic E-state index is 12.8. The van der Waals surface area contributed by atoms with Crippen molar-refractivity contribution < 1.29 is 14.3 Å². The molecule has 0 spiro atoms. The minimum Gasteiger partial charge on any atom is -0.369 e. The minimum atomic E-state index is -0.115. The SMILES string of the molecule is C=CCN1C(=O)C2C3CC(CCCCCC)(C4OC34)C2C1=O. The second-order valence-corrected chi connectivity index (χ2v) is 7.51. The predicted molar refractivity (Wildman–Crippen MR) is 81.9 cm³/mol. The molecule has 6 unspecified atom stereocenters. The number of carbonyl (C=O) groups excluding carboxylic acids is 2. The molecule has 2 bridgehead atoms. The highest BCUT2D eigenvalue weighted by atomic mass is 16.6. The number of carbonyl (C=O) groups is 2. The Balaban J connectivity index is 1.58. The number of rotatable bonds is 7. The summed E-state index contributed by atoms with van der Waals surface area (Å²) in [7, 11) is 0. The van der Waals surface area contributed by atoms with E-state index in [2.05, 4.69) is 13.5 Å². The molecule has 2 saturated heterocycles. The molecule has 2 heterocycles. The van der Waals surface area contributed by atoms with Crippen LogP contribution in [0.25, 0.3) is 0 Å². The summed E-state index contributed by atoms with van der Waals surface area (Å²) in [5.41, 5.74) is -0.0452. The van der Waals surface area contributed by atoms with Crippen molar-refractivity contribution in [3.05, 3.63) is 12.7 Å². The molecule has 6 atom stereocenters. The summed E-state index contributed by atoms with van der Waals surface area (Å²) < 4.78 is 5.89. The lowest BCUT2D eigenvalue weighted by Gasteiger charge is -2.32. The molecule has 2 amide bonds. The van der Waals surface area contributed by atoms with Crippen molar-refractivity contribution in [1.82, 2.24) is 4.90 Å². The molecule has 4 heteroatoms. The third-order valence-electron chi connectivity index (χ3n) is 6.46. The molecular weight excluding hydrogens is 278 g/mol. The number of hydrogen-bond acceptors (Lipinski definition) is 3. The van der Waals surface area contributed by atoms with Crippen LogP contribution in [0.4, 0.5) is 0 Å². The molecule has 0 radical (unpaired) electrons. The first-order chi connectivity index (χ1) is 10.7. The van der Waals surface area contributed by atoms with E-state index in [0.29, 0.717) is 6.54 Å². The fourth-order valence-electron chi connectivity index (χ4n) is 5.59. The van der Waals surface area contributed by atoms with Crippen LogP contribution in [0.15, 0.2) is 12.7 Å². The Labute approximate surface area is 131 Å². The summed E-state index contributed by atoms with van der Waals surface area (Å²) >= 11 is 0. The van der Waals surface area contributed by atoms with Gasteiger partial charge < -0.3 is 4.74 Å². The highest BCUT2D eigenvalue weighted by Crippen LogP contribution is 2.72. The van der Waals surface area contributed by atoms with Crippen molar-refractivity contribution in [3.63, 3.8) is 0 Å². The van der Waals surface area contributed by atoms with E-state index in [0.717, 1.165) is 19.3 Å². The van der Waals surface area contributed by atoms with Crippen molar-refractivity contribution in [2.75, 3.05) is 6.54 Å². The average molecular weight is 303 g/mol. The maximum Gasteiger partial charge on any atom is 0.234 e. The monoisotopic (exact) mass is 303 g/mol. The summed E-state index contributed by atoms with van der Waals surface area (Å²) in [6.07, 6.45) is 9.08. The molecule has 0 aromatic carbocycles. The van der Waals surface area contributed by atoms with Crippen molar-refractivity contribution in [2.45, 2.75) is 57.7 Å². The molecule has 4 aliphatic rings. The molecule has 22 heavy (non-hydrogen) atoms. The molecule has 0 aromatic rings. The molecule has 4 nitrogen and oxygen atoms in total. The van der Waals surface area contributed by atoms with Crippen molar-refractivity contribution >= 4 is 11.8 Å². The number of nitrogens with zero attached hydrogens (tertiary/aromatic N) is 1. The minimum absolute atomic E-state index is 0.0317. The van der Waals surface area contributed by atoms with Gasteiger partial charge in [-0.1, -0.05) is 38.7 Å². The van der Waals surface area contributed by atoms with Gasteiger partial charge in [-0.15, -0.1) is 6.58 Å². The predicted octanol–water partition coefficient (Wildman–Crippen LogP) is 2.53. The van der Waals surface area contributed by atoms with Crippen LogP contribution >= 0.6 is 0 Å². The van der Waals surface area contributed by atoms with Crippen molar-refractivity contribution in [1.29, 1.82) is 0 Å². The van der Waals surface area contributed by atoms with Crippen LogP contribution in [0.5, 0.6) is 0 Å². The van der Waals surface area contributed by atoms with Gasteiger partial charge >= 0.3 is 0 Å². The first-order valence-electron chi connectivity index (χ1n) is 8.77. The smallest absolute Gasteiger partial charge is 0.234 e.